The molecule has 1 aliphatic carbocycles. The Balaban J connectivity index is 2.01. The van der Waals surface area contributed by atoms with Crippen LogP contribution in [0.2, 0.25) is 5.02 Å². The number of hydrogen-bond donors (Lipinski definition) is 1. The molecule has 0 aliphatic heterocycles. The van der Waals surface area contributed by atoms with Gasteiger partial charge in [0.1, 0.15) is 5.82 Å². The van der Waals surface area contributed by atoms with Crippen LogP contribution in [0, 0.1) is 11.7 Å². The Labute approximate surface area is 113 Å². The number of aliphatic hydroxyl groups is 1. The molecule has 1 aliphatic rings. The number of hydrogen-bond acceptors (Lipinski definition) is 1. The molecule has 1 nitrogen and oxygen atoms in total. The van der Waals surface area contributed by atoms with E-state index in [1.807, 2.05) is 0 Å². The van der Waals surface area contributed by atoms with Crippen molar-refractivity contribution in [2.75, 3.05) is 0 Å². The summed E-state index contributed by atoms with van der Waals surface area (Å²) in [6.07, 6.45) is 7.14. The van der Waals surface area contributed by atoms with Gasteiger partial charge in [-0.3, -0.25) is 0 Å². The molecule has 100 valence electrons. The van der Waals surface area contributed by atoms with Crippen molar-refractivity contribution in [1.82, 2.24) is 0 Å². The van der Waals surface area contributed by atoms with Crippen molar-refractivity contribution in [2.24, 2.45) is 5.92 Å². The highest BCUT2D eigenvalue weighted by atomic mass is 35.5. The number of halogens is 2. The van der Waals surface area contributed by atoms with E-state index >= 15 is 0 Å². The smallest absolute Gasteiger partial charge is 0.142 e. The fourth-order valence-electron chi connectivity index (χ4n) is 2.79. The van der Waals surface area contributed by atoms with E-state index in [-0.39, 0.29) is 5.02 Å². The Bertz CT molecular complexity index is 386. The maximum atomic E-state index is 13.3. The maximum absolute atomic E-state index is 13.3. The fraction of sp³-hybridized carbons (Fsp3) is 0.600. The van der Waals surface area contributed by atoms with Gasteiger partial charge in [0.2, 0.25) is 0 Å². The molecule has 0 bridgehead atoms. The SMILES string of the molecule is OC(Cc1cccc(F)c1Cl)C1CCCCCC1. The Morgan fingerprint density at radius 2 is 1.89 bits per heavy atom. The molecule has 3 heteroatoms. The lowest BCUT2D eigenvalue weighted by atomic mass is 9.90. The van der Waals surface area contributed by atoms with Gasteiger partial charge in [-0.15, -0.1) is 0 Å². The normalized spacial score (nSPS) is 19.5. The van der Waals surface area contributed by atoms with Gasteiger partial charge >= 0.3 is 0 Å². The molecule has 0 spiro atoms. The lowest BCUT2D eigenvalue weighted by molar-refractivity contribution is 0.0986. The molecule has 0 aromatic heterocycles. The predicted octanol–water partition coefficient (Wildman–Crippen LogP) is 4.35. The van der Waals surface area contributed by atoms with E-state index in [9.17, 15) is 9.50 Å². The van der Waals surface area contributed by atoms with Crippen LogP contribution in [-0.2, 0) is 6.42 Å². The van der Waals surface area contributed by atoms with Crippen molar-refractivity contribution in [3.05, 3.63) is 34.6 Å². The third kappa shape index (κ3) is 3.46. The van der Waals surface area contributed by atoms with Crippen LogP contribution >= 0.6 is 11.6 Å². The summed E-state index contributed by atoms with van der Waals surface area (Å²) >= 11 is 5.92. The molecule has 1 aromatic carbocycles. The molecule has 2 rings (SSSR count). The minimum atomic E-state index is -0.401. The van der Waals surface area contributed by atoms with Crippen LogP contribution < -0.4 is 0 Å². The van der Waals surface area contributed by atoms with Gasteiger partial charge in [-0.25, -0.2) is 4.39 Å². The molecule has 0 radical (unpaired) electrons. The highest BCUT2D eigenvalue weighted by Gasteiger charge is 2.22. The van der Waals surface area contributed by atoms with Crippen LogP contribution in [0.3, 0.4) is 0 Å². The number of rotatable bonds is 3. The number of benzene rings is 1. The van der Waals surface area contributed by atoms with E-state index in [0.29, 0.717) is 17.9 Å². The highest BCUT2D eigenvalue weighted by molar-refractivity contribution is 6.31. The molecular weight excluding hydrogens is 251 g/mol. The lowest BCUT2D eigenvalue weighted by Gasteiger charge is -2.21. The predicted molar refractivity (Wildman–Crippen MR) is 72.3 cm³/mol. The second-order valence-electron chi connectivity index (χ2n) is 5.24. The van der Waals surface area contributed by atoms with Crippen molar-refractivity contribution in [2.45, 2.75) is 51.0 Å². The molecule has 1 aromatic rings. The molecule has 18 heavy (non-hydrogen) atoms. The minimum absolute atomic E-state index is 0.158. The third-order valence-electron chi connectivity index (χ3n) is 3.90. The van der Waals surface area contributed by atoms with Gasteiger partial charge in [-0.2, -0.15) is 0 Å². The molecule has 1 N–H and O–H groups in total. The monoisotopic (exact) mass is 270 g/mol. The third-order valence-corrected chi connectivity index (χ3v) is 4.33. The van der Waals surface area contributed by atoms with Crippen LogP contribution in [-0.4, -0.2) is 11.2 Å². The van der Waals surface area contributed by atoms with Gasteiger partial charge in [-0.05, 0) is 30.4 Å². The molecule has 0 heterocycles. The number of aliphatic hydroxyl groups excluding tert-OH is 1. The minimum Gasteiger partial charge on any atom is -0.392 e. The second-order valence-corrected chi connectivity index (χ2v) is 5.61. The fourth-order valence-corrected chi connectivity index (χ4v) is 3.00. The zero-order chi connectivity index (χ0) is 13.0. The first-order valence-corrected chi connectivity index (χ1v) is 7.17. The Kier molecular flexibility index (Phi) is 5.02. The van der Waals surface area contributed by atoms with E-state index in [1.54, 1.807) is 12.1 Å². The molecule has 1 unspecified atom stereocenters. The van der Waals surface area contributed by atoms with Crippen LogP contribution in [0.1, 0.15) is 44.1 Å². The van der Waals surface area contributed by atoms with Crippen LogP contribution in [0.15, 0.2) is 18.2 Å². The van der Waals surface area contributed by atoms with Crippen LogP contribution in [0.5, 0.6) is 0 Å². The average Bonchev–Trinajstić information content (AvgIpc) is 2.63. The lowest BCUT2D eigenvalue weighted by Crippen LogP contribution is -2.22. The molecule has 0 saturated heterocycles. The van der Waals surface area contributed by atoms with Gasteiger partial charge in [0.05, 0.1) is 11.1 Å². The van der Waals surface area contributed by atoms with E-state index in [0.717, 1.165) is 12.8 Å². The van der Waals surface area contributed by atoms with E-state index in [4.69, 9.17) is 11.6 Å². The topological polar surface area (TPSA) is 20.2 Å². The first-order chi connectivity index (χ1) is 8.68. The zero-order valence-electron chi connectivity index (χ0n) is 10.5. The summed E-state index contributed by atoms with van der Waals surface area (Å²) in [6.45, 7) is 0. The summed E-state index contributed by atoms with van der Waals surface area (Å²) in [5.74, 6) is -0.0610. The highest BCUT2D eigenvalue weighted by Crippen LogP contribution is 2.29. The molecule has 0 amide bonds. The van der Waals surface area contributed by atoms with Crippen LogP contribution in [0.25, 0.3) is 0 Å². The second kappa shape index (κ2) is 6.53. The van der Waals surface area contributed by atoms with Crippen molar-refractivity contribution in [3.8, 4) is 0 Å². The largest absolute Gasteiger partial charge is 0.392 e. The molecule has 1 atom stereocenters. The standard InChI is InChI=1S/C15H20ClFO/c16-15-12(8-5-9-13(15)17)10-14(18)11-6-3-1-2-4-7-11/h5,8-9,11,14,18H,1-4,6-7,10H2. The molecule has 1 saturated carbocycles. The van der Waals surface area contributed by atoms with Crippen molar-refractivity contribution in [1.29, 1.82) is 0 Å². The zero-order valence-corrected chi connectivity index (χ0v) is 11.3. The first-order valence-electron chi connectivity index (χ1n) is 6.79. The summed E-state index contributed by atoms with van der Waals surface area (Å²) < 4.78 is 13.3. The quantitative estimate of drug-likeness (QED) is 0.810. The Hall–Kier alpha value is -0.600. The first kappa shape index (κ1) is 13.8. The van der Waals surface area contributed by atoms with E-state index in [2.05, 4.69) is 0 Å². The maximum Gasteiger partial charge on any atom is 0.142 e. The van der Waals surface area contributed by atoms with Gasteiger partial charge in [0, 0.05) is 6.42 Å². The summed E-state index contributed by atoms with van der Waals surface area (Å²) in [5, 5.41) is 10.4. The van der Waals surface area contributed by atoms with Gasteiger partial charge in [0.25, 0.3) is 0 Å². The Morgan fingerprint density at radius 1 is 1.22 bits per heavy atom. The van der Waals surface area contributed by atoms with Crippen LogP contribution in [0.4, 0.5) is 4.39 Å². The summed E-state index contributed by atoms with van der Waals surface area (Å²) in [5.41, 5.74) is 0.716. The van der Waals surface area contributed by atoms with Crippen molar-refractivity contribution in [3.63, 3.8) is 0 Å². The summed E-state index contributed by atoms with van der Waals surface area (Å²) in [7, 11) is 0. The molecular formula is C15H20ClFO. The van der Waals surface area contributed by atoms with E-state index in [1.165, 1.54) is 31.7 Å². The van der Waals surface area contributed by atoms with Crippen molar-refractivity contribution >= 4 is 11.6 Å². The Morgan fingerprint density at radius 3 is 2.56 bits per heavy atom. The average molecular weight is 271 g/mol. The van der Waals surface area contributed by atoms with E-state index < -0.39 is 11.9 Å². The van der Waals surface area contributed by atoms with Gasteiger partial charge < -0.3 is 5.11 Å². The van der Waals surface area contributed by atoms with Gasteiger partial charge in [-0.1, -0.05) is 49.4 Å². The summed E-state index contributed by atoms with van der Waals surface area (Å²) in [4.78, 5) is 0. The summed E-state index contributed by atoms with van der Waals surface area (Å²) in [6, 6.07) is 4.80. The van der Waals surface area contributed by atoms with Crippen molar-refractivity contribution < 1.29 is 9.50 Å². The van der Waals surface area contributed by atoms with Gasteiger partial charge in [0.15, 0.2) is 0 Å². The molecule has 1 fully saturated rings.